The van der Waals surface area contributed by atoms with Crippen molar-refractivity contribution < 1.29 is 18.3 Å². The Balaban J connectivity index is 1.79. The zero-order chi connectivity index (χ0) is 14.1. The highest BCUT2D eigenvalue weighted by Gasteiger charge is 2.32. The molecule has 3 nitrogen and oxygen atoms in total. The molecule has 5 heteroatoms. The van der Waals surface area contributed by atoms with Crippen LogP contribution in [0.15, 0.2) is 30.3 Å². The van der Waals surface area contributed by atoms with Crippen LogP contribution < -0.4 is 4.74 Å². The Labute approximate surface area is 116 Å². The van der Waals surface area contributed by atoms with Crippen molar-refractivity contribution >= 4 is 5.57 Å². The summed E-state index contributed by atoms with van der Waals surface area (Å²) in [6, 6.07) is 7.55. The highest BCUT2D eigenvalue weighted by Crippen LogP contribution is 2.32. The van der Waals surface area contributed by atoms with E-state index in [-0.39, 0.29) is 5.75 Å². The summed E-state index contributed by atoms with van der Waals surface area (Å²) in [5.74, 6) is 0.195. The first-order chi connectivity index (χ1) is 9.63. The van der Waals surface area contributed by atoms with Crippen LogP contribution in [0.25, 0.3) is 5.57 Å². The van der Waals surface area contributed by atoms with Gasteiger partial charge < -0.3 is 9.47 Å². The molecule has 0 aromatic heterocycles. The van der Waals surface area contributed by atoms with Gasteiger partial charge in [0.05, 0.1) is 19.3 Å². The lowest BCUT2D eigenvalue weighted by Gasteiger charge is -2.42. The molecule has 108 valence electrons. The Hall–Kier alpha value is -1.46. The summed E-state index contributed by atoms with van der Waals surface area (Å²) in [6.45, 7) is -1.32. The molecule has 2 aliphatic heterocycles. The van der Waals surface area contributed by atoms with Gasteiger partial charge in [-0.2, -0.15) is 8.78 Å². The molecule has 1 aromatic rings. The maximum absolute atomic E-state index is 12.1. The van der Waals surface area contributed by atoms with E-state index >= 15 is 0 Å². The molecule has 0 saturated carbocycles. The van der Waals surface area contributed by atoms with Gasteiger partial charge in [0.15, 0.2) is 0 Å². The van der Waals surface area contributed by atoms with Crippen LogP contribution >= 0.6 is 0 Å². The fourth-order valence-electron chi connectivity index (χ4n) is 2.82. The summed E-state index contributed by atoms with van der Waals surface area (Å²) >= 11 is 0. The molecule has 0 amide bonds. The van der Waals surface area contributed by atoms with Crippen LogP contribution in [0.4, 0.5) is 8.78 Å². The number of nitrogens with zero attached hydrogens (tertiary/aromatic N) is 1. The van der Waals surface area contributed by atoms with Crippen molar-refractivity contribution in [2.24, 2.45) is 0 Å². The van der Waals surface area contributed by atoms with E-state index in [0.29, 0.717) is 18.7 Å². The van der Waals surface area contributed by atoms with E-state index in [2.05, 4.69) is 22.8 Å². The minimum atomic E-state index is -2.78. The van der Waals surface area contributed by atoms with Crippen molar-refractivity contribution in [1.29, 1.82) is 0 Å². The first-order valence-corrected chi connectivity index (χ1v) is 6.69. The van der Waals surface area contributed by atoms with Gasteiger partial charge in [-0.15, -0.1) is 0 Å². The third kappa shape index (κ3) is 2.69. The molecule has 0 aliphatic carbocycles. The molecule has 2 aliphatic rings. The molecule has 0 N–H and O–H groups in total. The standard InChI is InChI=1S/C15H17F2NO2/c1-18-12-6-11(7-13(18)9-19-8-12)10-2-4-14(5-3-10)20-15(16)17/h2-6,12-13,15H,7-9H2,1H3. The zero-order valence-corrected chi connectivity index (χ0v) is 11.3. The molecule has 20 heavy (non-hydrogen) atoms. The predicted molar refractivity (Wildman–Crippen MR) is 71.8 cm³/mol. The monoisotopic (exact) mass is 281 g/mol. The molecule has 3 rings (SSSR count). The number of likely N-dealkylation sites (N-methyl/N-ethyl adjacent to an activating group) is 1. The minimum Gasteiger partial charge on any atom is -0.435 e. The Morgan fingerprint density at radius 3 is 2.65 bits per heavy atom. The first-order valence-electron chi connectivity index (χ1n) is 6.69. The van der Waals surface area contributed by atoms with Crippen LogP contribution in [0, 0.1) is 0 Å². The molecule has 1 aromatic carbocycles. The van der Waals surface area contributed by atoms with E-state index < -0.39 is 6.61 Å². The Kier molecular flexibility index (Phi) is 3.72. The first kappa shape index (κ1) is 13.5. The van der Waals surface area contributed by atoms with Crippen molar-refractivity contribution in [2.45, 2.75) is 25.1 Å². The number of ether oxygens (including phenoxy) is 2. The quantitative estimate of drug-likeness (QED) is 0.850. The number of benzene rings is 1. The number of hydrogen-bond acceptors (Lipinski definition) is 3. The van der Waals surface area contributed by atoms with Gasteiger partial charge in [0, 0.05) is 6.04 Å². The molecule has 2 bridgehead atoms. The SMILES string of the molecule is CN1C2C=C(c3ccc(OC(F)F)cc3)CC1COC2. The maximum Gasteiger partial charge on any atom is 0.387 e. The molecule has 2 heterocycles. The molecule has 0 spiro atoms. The number of morpholine rings is 1. The van der Waals surface area contributed by atoms with Crippen LogP contribution in [-0.4, -0.2) is 43.9 Å². The average Bonchev–Trinajstić information content (AvgIpc) is 2.39. The summed E-state index contributed by atoms with van der Waals surface area (Å²) in [6.07, 6.45) is 3.13. The summed E-state index contributed by atoms with van der Waals surface area (Å²) in [5.41, 5.74) is 2.32. The number of alkyl halides is 2. The fraction of sp³-hybridized carbons (Fsp3) is 0.467. The minimum absolute atomic E-state index is 0.195. The lowest BCUT2D eigenvalue weighted by atomic mass is 9.90. The van der Waals surface area contributed by atoms with Gasteiger partial charge in [-0.05, 0) is 36.7 Å². The van der Waals surface area contributed by atoms with E-state index in [4.69, 9.17) is 4.74 Å². The van der Waals surface area contributed by atoms with E-state index in [9.17, 15) is 8.78 Å². The van der Waals surface area contributed by atoms with Gasteiger partial charge >= 0.3 is 6.61 Å². The summed E-state index contributed by atoms with van der Waals surface area (Å²) < 4.78 is 34.2. The summed E-state index contributed by atoms with van der Waals surface area (Å²) in [4.78, 5) is 2.33. The van der Waals surface area contributed by atoms with Crippen LogP contribution in [0.5, 0.6) is 5.75 Å². The van der Waals surface area contributed by atoms with Crippen molar-refractivity contribution in [2.75, 3.05) is 20.3 Å². The third-order valence-corrected chi connectivity index (χ3v) is 4.00. The fourth-order valence-corrected chi connectivity index (χ4v) is 2.82. The van der Waals surface area contributed by atoms with Gasteiger partial charge in [-0.3, -0.25) is 4.90 Å². The molecular weight excluding hydrogens is 264 g/mol. The molecule has 2 unspecified atom stereocenters. The summed E-state index contributed by atoms with van der Waals surface area (Å²) in [7, 11) is 2.12. The number of halogens is 2. The normalized spacial score (nSPS) is 26.5. The third-order valence-electron chi connectivity index (χ3n) is 4.00. The zero-order valence-electron chi connectivity index (χ0n) is 11.3. The highest BCUT2D eigenvalue weighted by molar-refractivity contribution is 5.68. The van der Waals surface area contributed by atoms with Gasteiger partial charge in [0.25, 0.3) is 0 Å². The Morgan fingerprint density at radius 2 is 2.00 bits per heavy atom. The van der Waals surface area contributed by atoms with Gasteiger partial charge in [-0.1, -0.05) is 18.2 Å². The van der Waals surface area contributed by atoms with Crippen molar-refractivity contribution in [3.8, 4) is 5.75 Å². The van der Waals surface area contributed by atoms with Gasteiger partial charge in [0.1, 0.15) is 5.75 Å². The Morgan fingerprint density at radius 1 is 1.25 bits per heavy atom. The molecule has 0 radical (unpaired) electrons. The van der Waals surface area contributed by atoms with Crippen molar-refractivity contribution in [1.82, 2.24) is 4.90 Å². The van der Waals surface area contributed by atoms with E-state index in [0.717, 1.165) is 18.6 Å². The summed E-state index contributed by atoms with van der Waals surface area (Å²) in [5, 5.41) is 0. The molecular formula is C15H17F2NO2. The largest absolute Gasteiger partial charge is 0.435 e. The molecule has 1 saturated heterocycles. The van der Waals surface area contributed by atoms with E-state index in [1.165, 1.54) is 5.57 Å². The van der Waals surface area contributed by atoms with E-state index in [1.807, 2.05) is 12.1 Å². The molecule has 1 fully saturated rings. The number of rotatable bonds is 3. The second-order valence-corrected chi connectivity index (χ2v) is 5.22. The highest BCUT2D eigenvalue weighted by atomic mass is 19.3. The smallest absolute Gasteiger partial charge is 0.387 e. The topological polar surface area (TPSA) is 21.7 Å². The van der Waals surface area contributed by atoms with Gasteiger partial charge in [-0.25, -0.2) is 0 Å². The van der Waals surface area contributed by atoms with Crippen LogP contribution in [0.3, 0.4) is 0 Å². The second-order valence-electron chi connectivity index (χ2n) is 5.22. The van der Waals surface area contributed by atoms with Crippen LogP contribution in [0.2, 0.25) is 0 Å². The number of fused-ring (bicyclic) bond motifs is 2. The maximum atomic E-state index is 12.1. The number of hydrogen-bond donors (Lipinski definition) is 0. The van der Waals surface area contributed by atoms with Crippen molar-refractivity contribution in [3.63, 3.8) is 0 Å². The lowest BCUT2D eigenvalue weighted by Crippen LogP contribution is -2.51. The second kappa shape index (κ2) is 5.50. The van der Waals surface area contributed by atoms with Crippen molar-refractivity contribution in [3.05, 3.63) is 35.9 Å². The lowest BCUT2D eigenvalue weighted by molar-refractivity contribution is -0.0498. The average molecular weight is 281 g/mol. The van der Waals surface area contributed by atoms with Crippen LogP contribution in [0.1, 0.15) is 12.0 Å². The molecule has 2 atom stereocenters. The Bertz CT molecular complexity index is 501. The van der Waals surface area contributed by atoms with Crippen LogP contribution in [-0.2, 0) is 4.74 Å². The predicted octanol–water partition coefficient (Wildman–Crippen LogP) is 2.77. The van der Waals surface area contributed by atoms with Gasteiger partial charge in [0.2, 0.25) is 0 Å². The van der Waals surface area contributed by atoms with E-state index in [1.54, 1.807) is 12.1 Å².